The second-order valence-electron chi connectivity index (χ2n) is 4.83. The van der Waals surface area contributed by atoms with E-state index in [1.54, 1.807) is 0 Å². The van der Waals surface area contributed by atoms with Crippen molar-refractivity contribution >= 4 is 0 Å². The topological polar surface area (TPSA) is 35.2 Å². The third-order valence-electron chi connectivity index (χ3n) is 3.31. The molecule has 0 aliphatic carbocycles. The molecule has 0 fully saturated rings. The van der Waals surface area contributed by atoms with Gasteiger partial charge in [0.25, 0.3) is 0 Å². The zero-order valence-corrected chi connectivity index (χ0v) is 10.7. The molecule has 0 bridgehead atoms. The molecule has 1 rings (SSSR count). The fraction of sp³-hybridized carbons (Fsp3) is 0.857. The van der Waals surface area contributed by atoms with E-state index in [4.69, 9.17) is 10.5 Å². The fourth-order valence-corrected chi connectivity index (χ4v) is 2.19. The summed E-state index contributed by atoms with van der Waals surface area (Å²) in [6, 6.07) is 0.242. The van der Waals surface area contributed by atoms with E-state index < -0.39 is 0 Å². The molecular formula is C14H27NO. The second-order valence-corrected chi connectivity index (χ2v) is 4.83. The smallest absolute Gasteiger partial charge is 0.0876 e. The number of hydrogen-bond acceptors (Lipinski definition) is 2. The van der Waals surface area contributed by atoms with E-state index in [1.165, 1.54) is 44.1 Å². The lowest BCUT2D eigenvalue weighted by atomic mass is 9.97. The number of rotatable bonds is 8. The third kappa shape index (κ3) is 5.55. The Morgan fingerprint density at radius 1 is 1.25 bits per heavy atom. The number of hydrogen-bond donors (Lipinski definition) is 1. The first-order valence-corrected chi connectivity index (χ1v) is 6.90. The molecule has 0 saturated heterocycles. The summed E-state index contributed by atoms with van der Waals surface area (Å²) < 4.78 is 5.32. The Kier molecular flexibility index (Phi) is 7.32. The van der Waals surface area contributed by atoms with Gasteiger partial charge >= 0.3 is 0 Å². The van der Waals surface area contributed by atoms with Crippen molar-refractivity contribution in [1.29, 1.82) is 0 Å². The third-order valence-corrected chi connectivity index (χ3v) is 3.31. The molecule has 1 unspecified atom stereocenters. The number of ether oxygens (including phenoxy) is 1. The Morgan fingerprint density at radius 3 is 2.69 bits per heavy atom. The normalized spacial score (nSPS) is 17.8. The highest BCUT2D eigenvalue weighted by Crippen LogP contribution is 2.18. The lowest BCUT2D eigenvalue weighted by molar-refractivity contribution is 0.220. The Balaban J connectivity index is 2.01. The molecule has 94 valence electrons. The molecule has 1 aliphatic rings. The lowest BCUT2D eigenvalue weighted by Gasteiger charge is -2.19. The molecule has 1 heterocycles. The molecule has 2 nitrogen and oxygen atoms in total. The summed E-state index contributed by atoms with van der Waals surface area (Å²) in [5.41, 5.74) is 7.46. The Bertz CT molecular complexity index is 201. The van der Waals surface area contributed by atoms with Gasteiger partial charge in [0.1, 0.15) is 0 Å². The van der Waals surface area contributed by atoms with Gasteiger partial charge < -0.3 is 10.5 Å². The van der Waals surface area contributed by atoms with Gasteiger partial charge in [0, 0.05) is 6.04 Å². The first-order valence-electron chi connectivity index (χ1n) is 6.90. The van der Waals surface area contributed by atoms with E-state index >= 15 is 0 Å². The van der Waals surface area contributed by atoms with E-state index in [1.807, 2.05) is 6.26 Å². The minimum absolute atomic E-state index is 0.242. The summed E-state index contributed by atoms with van der Waals surface area (Å²) in [5.74, 6) is 0. The van der Waals surface area contributed by atoms with Crippen molar-refractivity contribution in [2.45, 2.75) is 70.8 Å². The number of nitrogens with two attached hydrogens (primary N) is 1. The van der Waals surface area contributed by atoms with Crippen LogP contribution in [0.1, 0.15) is 64.7 Å². The van der Waals surface area contributed by atoms with Crippen LogP contribution in [0.15, 0.2) is 11.8 Å². The van der Waals surface area contributed by atoms with Crippen LogP contribution in [0.3, 0.4) is 0 Å². The van der Waals surface area contributed by atoms with Crippen molar-refractivity contribution in [3.05, 3.63) is 11.8 Å². The van der Waals surface area contributed by atoms with Crippen LogP contribution in [-0.2, 0) is 4.74 Å². The quantitative estimate of drug-likeness (QED) is 0.638. The average molecular weight is 225 g/mol. The maximum Gasteiger partial charge on any atom is 0.0876 e. The van der Waals surface area contributed by atoms with Crippen molar-refractivity contribution in [2.75, 3.05) is 6.61 Å². The summed E-state index contributed by atoms with van der Waals surface area (Å²) in [5, 5.41) is 0. The standard InChI is InChI=1S/C14H27NO/c1-2-3-4-5-6-7-10-14(15)13-9-8-11-16-12-13/h12,14H,2-11,15H2,1H3. The van der Waals surface area contributed by atoms with E-state index in [9.17, 15) is 0 Å². The van der Waals surface area contributed by atoms with Crippen LogP contribution >= 0.6 is 0 Å². The van der Waals surface area contributed by atoms with Gasteiger partial charge in [-0.2, -0.15) is 0 Å². The van der Waals surface area contributed by atoms with Gasteiger partial charge in [0.15, 0.2) is 0 Å². The molecule has 0 amide bonds. The number of unbranched alkanes of at least 4 members (excludes halogenated alkanes) is 5. The van der Waals surface area contributed by atoms with Crippen molar-refractivity contribution in [2.24, 2.45) is 5.73 Å². The Labute approximate surface area is 100 Å². The molecule has 0 aromatic rings. The molecule has 16 heavy (non-hydrogen) atoms. The summed E-state index contributed by atoms with van der Waals surface area (Å²) in [6.07, 6.45) is 13.4. The fourth-order valence-electron chi connectivity index (χ4n) is 2.19. The summed E-state index contributed by atoms with van der Waals surface area (Å²) >= 11 is 0. The van der Waals surface area contributed by atoms with Crippen LogP contribution in [-0.4, -0.2) is 12.6 Å². The van der Waals surface area contributed by atoms with Crippen molar-refractivity contribution in [3.8, 4) is 0 Å². The summed E-state index contributed by atoms with van der Waals surface area (Å²) in [4.78, 5) is 0. The van der Waals surface area contributed by atoms with E-state index in [0.29, 0.717) is 0 Å². The van der Waals surface area contributed by atoms with E-state index in [-0.39, 0.29) is 6.04 Å². The molecule has 0 saturated carbocycles. The predicted molar refractivity (Wildman–Crippen MR) is 69.2 cm³/mol. The van der Waals surface area contributed by atoms with Crippen LogP contribution in [0, 0.1) is 0 Å². The zero-order chi connectivity index (χ0) is 11.6. The van der Waals surface area contributed by atoms with Crippen molar-refractivity contribution < 1.29 is 4.74 Å². The largest absolute Gasteiger partial charge is 0.501 e. The van der Waals surface area contributed by atoms with Gasteiger partial charge in [0.2, 0.25) is 0 Å². The van der Waals surface area contributed by atoms with Crippen LogP contribution in [0.25, 0.3) is 0 Å². The summed E-state index contributed by atoms with van der Waals surface area (Å²) in [7, 11) is 0. The van der Waals surface area contributed by atoms with Crippen molar-refractivity contribution in [3.63, 3.8) is 0 Å². The van der Waals surface area contributed by atoms with Gasteiger partial charge in [-0.25, -0.2) is 0 Å². The maximum absolute atomic E-state index is 6.14. The minimum Gasteiger partial charge on any atom is -0.501 e. The van der Waals surface area contributed by atoms with Gasteiger partial charge in [-0.1, -0.05) is 45.4 Å². The zero-order valence-electron chi connectivity index (χ0n) is 10.7. The van der Waals surface area contributed by atoms with Crippen LogP contribution in [0.4, 0.5) is 0 Å². The molecule has 2 heteroatoms. The molecule has 2 N–H and O–H groups in total. The summed E-state index contributed by atoms with van der Waals surface area (Å²) in [6.45, 7) is 3.12. The van der Waals surface area contributed by atoms with Crippen LogP contribution in [0.5, 0.6) is 0 Å². The highest BCUT2D eigenvalue weighted by Gasteiger charge is 2.12. The van der Waals surface area contributed by atoms with Crippen molar-refractivity contribution in [1.82, 2.24) is 0 Å². The van der Waals surface area contributed by atoms with Crippen LogP contribution in [0.2, 0.25) is 0 Å². The predicted octanol–water partition coefficient (Wildman–Crippen LogP) is 3.76. The molecule has 1 atom stereocenters. The second kappa shape index (κ2) is 8.63. The molecule has 0 aromatic heterocycles. The SMILES string of the molecule is CCCCCCCCC(N)C1=COCCC1. The van der Waals surface area contributed by atoms with Gasteiger partial charge in [-0.3, -0.25) is 0 Å². The Morgan fingerprint density at radius 2 is 2.00 bits per heavy atom. The maximum atomic E-state index is 6.14. The molecule has 0 radical (unpaired) electrons. The van der Waals surface area contributed by atoms with E-state index in [0.717, 1.165) is 25.9 Å². The van der Waals surface area contributed by atoms with Gasteiger partial charge in [0.05, 0.1) is 12.9 Å². The first-order chi connectivity index (χ1) is 7.84. The highest BCUT2D eigenvalue weighted by atomic mass is 16.5. The van der Waals surface area contributed by atoms with E-state index in [2.05, 4.69) is 6.92 Å². The average Bonchev–Trinajstić information content (AvgIpc) is 2.34. The Hall–Kier alpha value is -0.500. The minimum atomic E-state index is 0.242. The van der Waals surface area contributed by atoms with Crippen LogP contribution < -0.4 is 5.73 Å². The van der Waals surface area contributed by atoms with Gasteiger partial charge in [-0.05, 0) is 24.8 Å². The first kappa shape index (κ1) is 13.6. The molecular weight excluding hydrogens is 198 g/mol. The monoisotopic (exact) mass is 225 g/mol. The highest BCUT2D eigenvalue weighted by molar-refractivity contribution is 5.08. The van der Waals surface area contributed by atoms with Gasteiger partial charge in [-0.15, -0.1) is 0 Å². The molecule has 0 spiro atoms. The molecule has 0 aromatic carbocycles. The lowest BCUT2D eigenvalue weighted by Crippen LogP contribution is -2.24. The molecule has 1 aliphatic heterocycles.